The van der Waals surface area contributed by atoms with Crippen LogP contribution >= 0.6 is 0 Å². The number of unbranched alkanes of at least 4 members (excludes halogenated alkanes) is 2. The largest absolute Gasteiger partial charge is 0.493 e. The zero-order valence-electron chi connectivity index (χ0n) is 19.6. The van der Waals surface area contributed by atoms with Gasteiger partial charge in [-0.2, -0.15) is 5.10 Å². The summed E-state index contributed by atoms with van der Waals surface area (Å²) in [5.41, 5.74) is 3.40. The number of nitrogens with one attached hydrogen (secondary N) is 2. The summed E-state index contributed by atoms with van der Waals surface area (Å²) in [6.07, 6.45) is 4.56. The number of methoxy groups -OCH3 is 1. The molecule has 2 amide bonds. The fourth-order valence-electron chi connectivity index (χ4n) is 3.07. The highest BCUT2D eigenvalue weighted by Gasteiger charge is 2.24. The van der Waals surface area contributed by atoms with E-state index in [1.54, 1.807) is 19.2 Å². The molecule has 0 radical (unpaired) electrons. The van der Waals surface area contributed by atoms with Crippen molar-refractivity contribution in [3.63, 3.8) is 0 Å². The van der Waals surface area contributed by atoms with Crippen molar-refractivity contribution in [1.82, 2.24) is 10.7 Å². The Bertz CT molecular complexity index is 945. The summed E-state index contributed by atoms with van der Waals surface area (Å²) in [7, 11) is 1.56. The van der Waals surface area contributed by atoms with Crippen LogP contribution in [0.25, 0.3) is 0 Å². The van der Waals surface area contributed by atoms with Crippen molar-refractivity contribution >= 4 is 18.0 Å². The molecule has 0 aromatic heterocycles. The van der Waals surface area contributed by atoms with Gasteiger partial charge in [0.05, 0.1) is 19.9 Å². The van der Waals surface area contributed by atoms with Crippen LogP contribution in [0.2, 0.25) is 0 Å². The summed E-state index contributed by atoms with van der Waals surface area (Å²) in [6.45, 7) is 6.29. The molecule has 0 aliphatic heterocycles. The molecule has 0 aliphatic rings. The van der Waals surface area contributed by atoms with E-state index in [9.17, 15) is 14.0 Å². The highest BCUT2D eigenvalue weighted by atomic mass is 19.1. The molecule has 33 heavy (non-hydrogen) atoms. The number of hydrogen-bond donors (Lipinski definition) is 2. The fraction of sp³-hybridized carbons (Fsp3) is 0.400. The quantitative estimate of drug-likeness (QED) is 0.282. The van der Waals surface area contributed by atoms with Crippen molar-refractivity contribution in [3.05, 3.63) is 59.4 Å². The molecule has 0 bridgehead atoms. The first-order chi connectivity index (χ1) is 15.9. The molecule has 0 spiro atoms. The number of nitrogens with zero attached hydrogens (tertiary/aromatic N) is 1. The fourth-order valence-corrected chi connectivity index (χ4v) is 3.07. The second kappa shape index (κ2) is 13.2. The van der Waals surface area contributed by atoms with Crippen LogP contribution in [0.1, 0.15) is 56.0 Å². The number of amides is 2. The first-order valence-corrected chi connectivity index (χ1v) is 11.1. The smallest absolute Gasteiger partial charge is 0.262 e. The summed E-state index contributed by atoms with van der Waals surface area (Å²) in [5, 5.41) is 6.73. The highest BCUT2D eigenvalue weighted by molar-refractivity contribution is 5.97. The van der Waals surface area contributed by atoms with Crippen LogP contribution in [0.15, 0.2) is 47.6 Å². The van der Waals surface area contributed by atoms with Gasteiger partial charge in [-0.15, -0.1) is 0 Å². The van der Waals surface area contributed by atoms with E-state index in [0.717, 1.165) is 19.3 Å². The van der Waals surface area contributed by atoms with Crippen LogP contribution in [0, 0.1) is 11.7 Å². The minimum absolute atomic E-state index is 0.195. The number of halogens is 1. The number of ether oxygens (including phenoxy) is 2. The van der Waals surface area contributed by atoms with Gasteiger partial charge in [-0.25, -0.2) is 9.82 Å². The Morgan fingerprint density at radius 1 is 1.12 bits per heavy atom. The van der Waals surface area contributed by atoms with Gasteiger partial charge in [0.15, 0.2) is 11.5 Å². The minimum atomic E-state index is -0.824. The predicted octanol–water partition coefficient (Wildman–Crippen LogP) is 4.31. The molecule has 2 N–H and O–H groups in total. The van der Waals surface area contributed by atoms with Crippen molar-refractivity contribution in [3.8, 4) is 11.5 Å². The SMILES string of the molecule is CCCCCOc1c(C=NNC(=O)C(NC(=O)c2ccc(F)cc2)C(C)C)cccc1OC. The molecule has 1 unspecified atom stereocenters. The molecule has 7 nitrogen and oxygen atoms in total. The zero-order valence-corrected chi connectivity index (χ0v) is 19.6. The van der Waals surface area contributed by atoms with Crippen molar-refractivity contribution in [2.24, 2.45) is 11.0 Å². The van der Waals surface area contributed by atoms with Gasteiger partial charge in [-0.1, -0.05) is 39.7 Å². The van der Waals surface area contributed by atoms with Gasteiger partial charge in [0, 0.05) is 11.1 Å². The predicted molar refractivity (Wildman–Crippen MR) is 126 cm³/mol. The normalized spacial score (nSPS) is 11.9. The Morgan fingerprint density at radius 2 is 1.85 bits per heavy atom. The van der Waals surface area contributed by atoms with E-state index >= 15 is 0 Å². The van der Waals surface area contributed by atoms with Crippen LogP contribution in [0.4, 0.5) is 4.39 Å². The van der Waals surface area contributed by atoms with Crippen molar-refractivity contribution in [2.45, 2.75) is 46.1 Å². The van der Waals surface area contributed by atoms with E-state index in [4.69, 9.17) is 9.47 Å². The number of hydrazone groups is 1. The van der Waals surface area contributed by atoms with Crippen molar-refractivity contribution in [1.29, 1.82) is 0 Å². The average Bonchev–Trinajstić information content (AvgIpc) is 2.80. The molecule has 178 valence electrons. The summed E-state index contributed by atoms with van der Waals surface area (Å²) in [4.78, 5) is 25.1. The molecular formula is C25H32FN3O4. The lowest BCUT2D eigenvalue weighted by Crippen LogP contribution is -2.48. The molecule has 2 aromatic carbocycles. The number of para-hydroxylation sites is 1. The van der Waals surface area contributed by atoms with Gasteiger partial charge >= 0.3 is 0 Å². The lowest BCUT2D eigenvalue weighted by molar-refractivity contribution is -0.123. The lowest BCUT2D eigenvalue weighted by Gasteiger charge is -2.20. The number of rotatable bonds is 12. The Kier molecular flexibility index (Phi) is 10.3. The van der Waals surface area contributed by atoms with Crippen LogP contribution in [-0.2, 0) is 4.79 Å². The maximum Gasteiger partial charge on any atom is 0.262 e. The van der Waals surface area contributed by atoms with Gasteiger partial charge < -0.3 is 14.8 Å². The summed E-state index contributed by atoms with van der Waals surface area (Å²) >= 11 is 0. The molecule has 0 aliphatic carbocycles. The number of carbonyl (C=O) groups excluding carboxylic acids is 2. The van der Waals surface area contributed by atoms with E-state index in [1.165, 1.54) is 30.5 Å². The van der Waals surface area contributed by atoms with Crippen molar-refractivity contribution in [2.75, 3.05) is 13.7 Å². The molecular weight excluding hydrogens is 425 g/mol. The van der Waals surface area contributed by atoms with Crippen LogP contribution in [-0.4, -0.2) is 37.8 Å². The molecule has 2 aromatic rings. The van der Waals surface area contributed by atoms with Gasteiger partial charge in [-0.3, -0.25) is 9.59 Å². The van der Waals surface area contributed by atoms with E-state index in [2.05, 4.69) is 22.8 Å². The molecule has 0 fully saturated rings. The summed E-state index contributed by atoms with van der Waals surface area (Å²) in [5.74, 6) is -0.440. The minimum Gasteiger partial charge on any atom is -0.493 e. The third kappa shape index (κ3) is 7.89. The molecule has 0 saturated heterocycles. The Morgan fingerprint density at radius 3 is 2.48 bits per heavy atom. The first kappa shape index (κ1) is 25.8. The topological polar surface area (TPSA) is 89.0 Å². The highest BCUT2D eigenvalue weighted by Crippen LogP contribution is 2.30. The lowest BCUT2D eigenvalue weighted by atomic mass is 10.0. The maximum atomic E-state index is 13.1. The van der Waals surface area contributed by atoms with Gasteiger partial charge in [0.1, 0.15) is 11.9 Å². The van der Waals surface area contributed by atoms with Gasteiger partial charge in [-0.05, 0) is 48.7 Å². The van der Waals surface area contributed by atoms with E-state index in [1.807, 2.05) is 19.9 Å². The number of hydrogen-bond acceptors (Lipinski definition) is 5. The Labute approximate surface area is 194 Å². The second-order valence-corrected chi connectivity index (χ2v) is 7.87. The zero-order chi connectivity index (χ0) is 24.2. The van der Waals surface area contributed by atoms with E-state index in [-0.39, 0.29) is 11.5 Å². The first-order valence-electron chi connectivity index (χ1n) is 11.1. The van der Waals surface area contributed by atoms with E-state index in [0.29, 0.717) is 23.7 Å². The monoisotopic (exact) mass is 457 g/mol. The Balaban J connectivity index is 2.06. The van der Waals surface area contributed by atoms with Crippen LogP contribution < -0.4 is 20.2 Å². The molecule has 0 heterocycles. The number of benzene rings is 2. The Hall–Kier alpha value is -3.42. The van der Waals surface area contributed by atoms with Crippen LogP contribution in [0.5, 0.6) is 11.5 Å². The average molecular weight is 458 g/mol. The second-order valence-electron chi connectivity index (χ2n) is 7.87. The van der Waals surface area contributed by atoms with Crippen LogP contribution in [0.3, 0.4) is 0 Å². The standard InChI is InChI=1S/C25H32FN3O4/c1-5-6-7-15-33-23-19(9-8-10-21(23)32-4)16-27-29-25(31)22(17(2)3)28-24(30)18-11-13-20(26)14-12-18/h8-14,16-17,22H,5-7,15H2,1-4H3,(H,28,30)(H,29,31). The molecule has 2 rings (SSSR count). The molecule has 8 heteroatoms. The summed E-state index contributed by atoms with van der Waals surface area (Å²) in [6, 6.07) is 9.70. The third-order valence-corrected chi connectivity index (χ3v) is 4.94. The molecule has 0 saturated carbocycles. The van der Waals surface area contributed by atoms with E-state index < -0.39 is 23.7 Å². The maximum absolute atomic E-state index is 13.1. The van der Waals surface area contributed by atoms with Crippen molar-refractivity contribution < 1.29 is 23.5 Å². The number of carbonyl (C=O) groups is 2. The van der Waals surface area contributed by atoms with Gasteiger partial charge in [0.25, 0.3) is 11.8 Å². The third-order valence-electron chi connectivity index (χ3n) is 4.94. The van der Waals surface area contributed by atoms with Gasteiger partial charge in [0.2, 0.25) is 0 Å². The molecule has 1 atom stereocenters. The summed E-state index contributed by atoms with van der Waals surface area (Å²) < 4.78 is 24.4.